The van der Waals surface area contributed by atoms with Gasteiger partial charge in [-0.25, -0.2) is 4.98 Å². The van der Waals surface area contributed by atoms with Crippen LogP contribution in [0.5, 0.6) is 11.5 Å². The van der Waals surface area contributed by atoms with Crippen molar-refractivity contribution in [1.29, 1.82) is 0 Å². The number of para-hydroxylation sites is 1. The van der Waals surface area contributed by atoms with Crippen LogP contribution in [0.25, 0.3) is 5.69 Å². The van der Waals surface area contributed by atoms with Crippen LogP contribution in [0.1, 0.15) is 6.42 Å². The highest BCUT2D eigenvalue weighted by atomic mass is 16.5. The van der Waals surface area contributed by atoms with Crippen molar-refractivity contribution >= 4 is 5.82 Å². The molecule has 0 saturated carbocycles. The first kappa shape index (κ1) is 21.9. The van der Waals surface area contributed by atoms with Gasteiger partial charge in [0, 0.05) is 37.7 Å². The molecule has 0 spiro atoms. The van der Waals surface area contributed by atoms with Crippen LogP contribution in [0.3, 0.4) is 0 Å². The minimum atomic E-state index is -0.228. The lowest BCUT2D eigenvalue weighted by Gasteiger charge is -2.15. The van der Waals surface area contributed by atoms with Crippen LogP contribution in [0.15, 0.2) is 71.8 Å². The van der Waals surface area contributed by atoms with Crippen LogP contribution >= 0.6 is 0 Å². The van der Waals surface area contributed by atoms with E-state index >= 15 is 0 Å². The quantitative estimate of drug-likeness (QED) is 0.471. The molecule has 3 aromatic rings. The van der Waals surface area contributed by atoms with Gasteiger partial charge >= 0.3 is 0 Å². The van der Waals surface area contributed by atoms with Crippen molar-refractivity contribution in [3.63, 3.8) is 0 Å². The van der Waals surface area contributed by atoms with Crippen molar-refractivity contribution in [2.75, 3.05) is 44.7 Å². The number of β-amino-alcohol motifs (C(OH)–C–C–N with tert-alkyl or cyclic N) is 1. The van der Waals surface area contributed by atoms with E-state index in [9.17, 15) is 9.90 Å². The van der Waals surface area contributed by atoms with Crippen LogP contribution in [-0.2, 0) is 0 Å². The Kier molecular flexibility index (Phi) is 7.37. The number of rotatable bonds is 10. The molecule has 1 aliphatic rings. The highest BCUT2D eigenvalue weighted by Gasteiger charge is 2.19. The van der Waals surface area contributed by atoms with Gasteiger partial charge < -0.3 is 19.9 Å². The number of aliphatic hydroxyl groups is 1. The Morgan fingerprint density at radius 2 is 1.78 bits per heavy atom. The smallest absolute Gasteiger partial charge is 0.297 e. The maximum atomic E-state index is 12.8. The molecule has 1 unspecified atom stereocenters. The first-order valence-corrected chi connectivity index (χ1v) is 10.8. The monoisotopic (exact) mass is 436 g/mol. The van der Waals surface area contributed by atoms with Gasteiger partial charge in [0.1, 0.15) is 24.7 Å². The Bertz CT molecular complexity index is 1040. The highest BCUT2D eigenvalue weighted by molar-refractivity contribution is 5.41. The Morgan fingerprint density at radius 3 is 2.53 bits per heavy atom. The Balaban J connectivity index is 1.29. The number of anilines is 1. The van der Waals surface area contributed by atoms with Crippen molar-refractivity contribution < 1.29 is 14.6 Å². The third-order valence-electron chi connectivity index (χ3n) is 5.29. The van der Waals surface area contributed by atoms with Crippen LogP contribution in [0.4, 0.5) is 5.82 Å². The molecule has 2 aromatic carbocycles. The molecule has 32 heavy (non-hydrogen) atoms. The van der Waals surface area contributed by atoms with Crippen molar-refractivity contribution in [1.82, 2.24) is 14.5 Å². The molecule has 2 heterocycles. The zero-order valence-electron chi connectivity index (χ0n) is 17.9. The number of hydrogen-bond acceptors (Lipinski definition) is 7. The molecule has 1 atom stereocenters. The minimum absolute atomic E-state index is 0.219. The molecule has 0 bridgehead atoms. The van der Waals surface area contributed by atoms with Gasteiger partial charge in [-0.2, -0.15) is 0 Å². The summed E-state index contributed by atoms with van der Waals surface area (Å²) in [4.78, 5) is 19.2. The predicted molar refractivity (Wildman–Crippen MR) is 123 cm³/mol. The molecule has 8 nitrogen and oxygen atoms in total. The number of benzene rings is 2. The average molecular weight is 437 g/mol. The summed E-state index contributed by atoms with van der Waals surface area (Å²) >= 11 is 0. The van der Waals surface area contributed by atoms with Crippen molar-refractivity contribution in [2.24, 2.45) is 0 Å². The average Bonchev–Trinajstić information content (AvgIpc) is 3.24. The van der Waals surface area contributed by atoms with Gasteiger partial charge in [0.15, 0.2) is 5.82 Å². The molecule has 1 saturated heterocycles. The van der Waals surface area contributed by atoms with E-state index in [-0.39, 0.29) is 17.5 Å². The summed E-state index contributed by atoms with van der Waals surface area (Å²) in [6.45, 7) is 3.83. The first-order chi connectivity index (χ1) is 15.7. The second kappa shape index (κ2) is 10.8. The van der Waals surface area contributed by atoms with E-state index in [1.807, 2.05) is 54.6 Å². The summed E-state index contributed by atoms with van der Waals surface area (Å²) in [7, 11) is 0. The number of aromatic nitrogens is 2. The standard InChI is InChI=1S/C24H28N4O4/c29-20-10-13-27(18-20)15-17-32-22-8-6-19(7-9-22)28-14-11-25-23(24(28)30)26-12-16-31-21-4-2-1-3-5-21/h1-9,11,14,20,29H,10,12-13,15-18H2,(H,25,26). The van der Waals surface area contributed by atoms with Crippen molar-refractivity contribution in [3.05, 3.63) is 77.3 Å². The van der Waals surface area contributed by atoms with Crippen LogP contribution in [0.2, 0.25) is 0 Å². The van der Waals surface area contributed by atoms with Crippen LogP contribution < -0.4 is 20.3 Å². The molecule has 0 amide bonds. The van der Waals surface area contributed by atoms with Gasteiger partial charge in [-0.15, -0.1) is 0 Å². The predicted octanol–water partition coefficient (Wildman–Crippen LogP) is 2.17. The molecule has 1 aromatic heterocycles. The molecule has 2 N–H and O–H groups in total. The second-order valence-electron chi connectivity index (χ2n) is 7.62. The lowest BCUT2D eigenvalue weighted by molar-refractivity contribution is 0.167. The normalized spacial score (nSPS) is 16.1. The topological polar surface area (TPSA) is 88.8 Å². The zero-order valence-corrected chi connectivity index (χ0v) is 17.9. The molecule has 8 heteroatoms. The maximum Gasteiger partial charge on any atom is 0.297 e. The number of aliphatic hydroxyl groups excluding tert-OH is 1. The second-order valence-corrected chi connectivity index (χ2v) is 7.62. The number of nitrogens with zero attached hydrogens (tertiary/aromatic N) is 3. The summed E-state index contributed by atoms with van der Waals surface area (Å²) in [5.41, 5.74) is 0.504. The van der Waals surface area contributed by atoms with Crippen LogP contribution in [-0.4, -0.2) is 65.1 Å². The molecular formula is C24H28N4O4. The van der Waals surface area contributed by atoms with E-state index in [0.29, 0.717) is 26.3 Å². The fourth-order valence-electron chi connectivity index (χ4n) is 3.60. The molecular weight excluding hydrogens is 408 g/mol. The van der Waals surface area contributed by atoms with Gasteiger partial charge in [0.05, 0.1) is 12.6 Å². The Morgan fingerprint density at radius 1 is 1.03 bits per heavy atom. The first-order valence-electron chi connectivity index (χ1n) is 10.8. The summed E-state index contributed by atoms with van der Waals surface area (Å²) in [5.74, 6) is 1.80. The lowest BCUT2D eigenvalue weighted by Crippen LogP contribution is -2.27. The number of hydrogen-bond donors (Lipinski definition) is 2. The summed E-state index contributed by atoms with van der Waals surface area (Å²) in [5, 5.41) is 12.6. The lowest BCUT2D eigenvalue weighted by atomic mass is 10.3. The fraction of sp³-hybridized carbons (Fsp3) is 0.333. The summed E-state index contributed by atoms with van der Waals surface area (Å²) in [6.07, 6.45) is 3.84. The minimum Gasteiger partial charge on any atom is -0.492 e. The Labute approximate surface area is 187 Å². The highest BCUT2D eigenvalue weighted by Crippen LogP contribution is 2.15. The fourth-order valence-corrected chi connectivity index (χ4v) is 3.60. The third kappa shape index (κ3) is 5.87. The van der Waals surface area contributed by atoms with Gasteiger partial charge in [-0.05, 0) is 42.8 Å². The largest absolute Gasteiger partial charge is 0.492 e. The van der Waals surface area contributed by atoms with Crippen molar-refractivity contribution in [2.45, 2.75) is 12.5 Å². The molecule has 0 aliphatic carbocycles. The van der Waals surface area contributed by atoms with E-state index in [2.05, 4.69) is 15.2 Å². The summed E-state index contributed by atoms with van der Waals surface area (Å²) in [6, 6.07) is 16.9. The van der Waals surface area contributed by atoms with Crippen LogP contribution in [0, 0.1) is 0 Å². The third-order valence-corrected chi connectivity index (χ3v) is 5.29. The summed E-state index contributed by atoms with van der Waals surface area (Å²) < 4.78 is 13.0. The van der Waals surface area contributed by atoms with Gasteiger partial charge in [0.25, 0.3) is 5.56 Å². The van der Waals surface area contributed by atoms with E-state index in [4.69, 9.17) is 9.47 Å². The van der Waals surface area contributed by atoms with Crippen molar-refractivity contribution in [3.8, 4) is 17.2 Å². The molecule has 0 radical (unpaired) electrons. The Hall–Kier alpha value is -3.36. The molecule has 4 rings (SSSR count). The van der Waals surface area contributed by atoms with Gasteiger partial charge in [-0.1, -0.05) is 18.2 Å². The van der Waals surface area contributed by atoms with E-state index < -0.39 is 0 Å². The van der Waals surface area contributed by atoms with E-state index in [1.54, 1.807) is 17.0 Å². The number of likely N-dealkylation sites (tertiary alicyclic amines) is 1. The van der Waals surface area contributed by atoms with Gasteiger partial charge in [0.2, 0.25) is 0 Å². The molecule has 1 aliphatic heterocycles. The number of ether oxygens (including phenoxy) is 2. The SMILES string of the molecule is O=c1c(NCCOc2ccccc2)nccn1-c1ccc(OCCN2CCC(O)C2)cc1. The van der Waals surface area contributed by atoms with E-state index in [0.717, 1.165) is 36.7 Å². The van der Waals surface area contributed by atoms with E-state index in [1.165, 1.54) is 0 Å². The zero-order chi connectivity index (χ0) is 22.2. The number of nitrogens with one attached hydrogen (secondary N) is 1. The van der Waals surface area contributed by atoms with Gasteiger partial charge in [-0.3, -0.25) is 14.3 Å². The molecule has 1 fully saturated rings. The maximum absolute atomic E-state index is 12.8. The molecule has 168 valence electrons.